The fraction of sp³-hybridized carbons (Fsp3) is 0.538. The van der Waals surface area contributed by atoms with Crippen molar-refractivity contribution in [3.05, 3.63) is 35.5 Å². The van der Waals surface area contributed by atoms with E-state index in [1.54, 1.807) is 12.2 Å². The van der Waals surface area contributed by atoms with Crippen molar-refractivity contribution in [1.29, 1.82) is 0 Å². The first-order valence-corrected chi connectivity index (χ1v) is 5.32. The fourth-order valence-corrected chi connectivity index (χ4v) is 1.22. The van der Waals surface area contributed by atoms with Crippen LogP contribution < -0.4 is 0 Å². The van der Waals surface area contributed by atoms with Crippen LogP contribution in [0.4, 0.5) is 0 Å². The smallest absolute Gasteiger partial charge is 0.0905 e. The number of hydrogen-bond acceptors (Lipinski definition) is 2. The molecule has 1 unspecified atom stereocenters. The molecule has 0 aliphatic carbocycles. The highest BCUT2D eigenvalue weighted by Gasteiger charge is 1.95. The predicted octanol–water partition coefficient (Wildman–Crippen LogP) is 2.59. The Bertz CT molecular complexity index is 245. The molecule has 0 rings (SSSR count). The summed E-state index contributed by atoms with van der Waals surface area (Å²) in [5, 5.41) is 18.0. The Morgan fingerprint density at radius 3 is 2.47 bits per heavy atom. The molecular formula is C13H22O2. The molecule has 0 aromatic rings. The maximum Gasteiger partial charge on any atom is 0.0905 e. The van der Waals surface area contributed by atoms with Gasteiger partial charge in [-0.2, -0.15) is 0 Å². The van der Waals surface area contributed by atoms with Gasteiger partial charge in [-0.1, -0.05) is 35.5 Å². The van der Waals surface area contributed by atoms with Crippen molar-refractivity contribution < 1.29 is 10.2 Å². The number of aliphatic hydroxyl groups is 2. The molecular weight excluding hydrogens is 188 g/mol. The van der Waals surface area contributed by atoms with Crippen LogP contribution in [0, 0.1) is 0 Å². The first-order valence-electron chi connectivity index (χ1n) is 5.32. The average Bonchev–Trinajstić information content (AvgIpc) is 2.14. The van der Waals surface area contributed by atoms with E-state index in [2.05, 4.69) is 19.9 Å². The van der Waals surface area contributed by atoms with Gasteiger partial charge < -0.3 is 10.2 Å². The van der Waals surface area contributed by atoms with Gasteiger partial charge in [-0.25, -0.2) is 0 Å². The molecule has 2 heteroatoms. The van der Waals surface area contributed by atoms with Crippen LogP contribution in [0.3, 0.4) is 0 Å². The monoisotopic (exact) mass is 210 g/mol. The Labute approximate surface area is 92.6 Å². The molecule has 2 nitrogen and oxygen atoms in total. The topological polar surface area (TPSA) is 40.5 Å². The number of aliphatic hydroxyl groups excluding tert-OH is 2. The van der Waals surface area contributed by atoms with E-state index in [0.29, 0.717) is 0 Å². The van der Waals surface area contributed by atoms with Crippen LogP contribution in [-0.4, -0.2) is 22.9 Å². The van der Waals surface area contributed by atoms with Crippen LogP contribution in [0.2, 0.25) is 0 Å². The van der Waals surface area contributed by atoms with Gasteiger partial charge in [-0.05, 0) is 33.6 Å². The molecule has 0 saturated carbocycles. The van der Waals surface area contributed by atoms with E-state index in [1.807, 2.05) is 13.0 Å². The molecule has 0 aromatic heterocycles. The van der Waals surface area contributed by atoms with Gasteiger partial charge in [0.1, 0.15) is 0 Å². The quantitative estimate of drug-likeness (QED) is 0.661. The largest absolute Gasteiger partial charge is 0.392 e. The minimum atomic E-state index is -0.580. The lowest BCUT2D eigenvalue weighted by Crippen LogP contribution is -1.98. The Morgan fingerprint density at radius 1 is 1.27 bits per heavy atom. The second kappa shape index (κ2) is 8.45. The van der Waals surface area contributed by atoms with Gasteiger partial charge in [0, 0.05) is 0 Å². The molecule has 2 N–H and O–H groups in total. The molecule has 0 bridgehead atoms. The Hall–Kier alpha value is -0.860. The summed E-state index contributed by atoms with van der Waals surface area (Å²) in [7, 11) is 0. The van der Waals surface area contributed by atoms with Crippen molar-refractivity contribution in [2.75, 3.05) is 6.61 Å². The van der Waals surface area contributed by atoms with E-state index in [-0.39, 0.29) is 6.61 Å². The zero-order chi connectivity index (χ0) is 11.7. The second-order valence-corrected chi connectivity index (χ2v) is 3.93. The summed E-state index contributed by atoms with van der Waals surface area (Å²) < 4.78 is 0. The molecule has 0 radical (unpaired) electrons. The van der Waals surface area contributed by atoms with Crippen molar-refractivity contribution >= 4 is 0 Å². The SMILES string of the molecule is CC(C)=CCCC(C)=CC(O)C=CCO. The Balaban J connectivity index is 3.97. The van der Waals surface area contributed by atoms with Crippen LogP contribution in [-0.2, 0) is 0 Å². The van der Waals surface area contributed by atoms with Crippen LogP contribution in [0.5, 0.6) is 0 Å². The van der Waals surface area contributed by atoms with E-state index < -0.39 is 6.10 Å². The maximum atomic E-state index is 9.47. The summed E-state index contributed by atoms with van der Waals surface area (Å²) in [6, 6.07) is 0. The lowest BCUT2D eigenvalue weighted by atomic mass is 10.1. The van der Waals surface area contributed by atoms with Crippen molar-refractivity contribution in [1.82, 2.24) is 0 Å². The van der Waals surface area contributed by atoms with E-state index in [9.17, 15) is 5.11 Å². The first kappa shape index (κ1) is 14.1. The fourth-order valence-electron chi connectivity index (χ4n) is 1.22. The molecule has 0 aliphatic heterocycles. The van der Waals surface area contributed by atoms with E-state index in [4.69, 9.17) is 5.11 Å². The summed E-state index contributed by atoms with van der Waals surface area (Å²) in [5.74, 6) is 0. The highest BCUT2D eigenvalue weighted by Crippen LogP contribution is 2.08. The van der Waals surface area contributed by atoms with Gasteiger partial charge >= 0.3 is 0 Å². The molecule has 86 valence electrons. The molecule has 15 heavy (non-hydrogen) atoms. The molecule has 0 saturated heterocycles. The summed E-state index contributed by atoms with van der Waals surface area (Å²) in [4.78, 5) is 0. The van der Waals surface area contributed by atoms with E-state index >= 15 is 0 Å². The van der Waals surface area contributed by atoms with Gasteiger partial charge in [0.2, 0.25) is 0 Å². The van der Waals surface area contributed by atoms with Crippen LogP contribution in [0.25, 0.3) is 0 Å². The molecule has 0 heterocycles. The first-order chi connectivity index (χ1) is 7.06. The molecule has 0 aromatic carbocycles. The van der Waals surface area contributed by atoms with Gasteiger partial charge in [0.15, 0.2) is 0 Å². The summed E-state index contributed by atoms with van der Waals surface area (Å²) in [6.45, 7) is 6.15. The summed E-state index contributed by atoms with van der Waals surface area (Å²) in [5.41, 5.74) is 2.49. The minimum absolute atomic E-state index is 0.0261. The van der Waals surface area contributed by atoms with E-state index in [1.165, 1.54) is 11.1 Å². The minimum Gasteiger partial charge on any atom is -0.392 e. The lowest BCUT2D eigenvalue weighted by Gasteiger charge is -2.02. The number of hydrogen-bond donors (Lipinski definition) is 2. The third-order valence-electron chi connectivity index (χ3n) is 1.99. The van der Waals surface area contributed by atoms with Crippen molar-refractivity contribution in [2.24, 2.45) is 0 Å². The summed E-state index contributed by atoms with van der Waals surface area (Å²) >= 11 is 0. The van der Waals surface area contributed by atoms with Gasteiger partial charge in [-0.3, -0.25) is 0 Å². The van der Waals surface area contributed by atoms with Crippen LogP contribution in [0.15, 0.2) is 35.5 Å². The van der Waals surface area contributed by atoms with Crippen LogP contribution >= 0.6 is 0 Å². The predicted molar refractivity (Wildman–Crippen MR) is 64.7 cm³/mol. The standard InChI is InChI=1S/C13H22O2/c1-11(2)6-4-7-12(3)10-13(15)8-5-9-14/h5-6,8,10,13-15H,4,7,9H2,1-3H3. The van der Waals surface area contributed by atoms with Gasteiger partial charge in [-0.15, -0.1) is 0 Å². The van der Waals surface area contributed by atoms with Crippen molar-refractivity contribution in [2.45, 2.75) is 39.7 Å². The third kappa shape index (κ3) is 9.44. The second-order valence-electron chi connectivity index (χ2n) is 3.93. The Kier molecular flexibility index (Phi) is 7.96. The molecule has 0 aliphatic rings. The highest BCUT2D eigenvalue weighted by atomic mass is 16.3. The molecule has 0 fully saturated rings. The Morgan fingerprint density at radius 2 is 1.93 bits per heavy atom. The van der Waals surface area contributed by atoms with Crippen LogP contribution in [0.1, 0.15) is 33.6 Å². The summed E-state index contributed by atoms with van der Waals surface area (Å²) in [6.07, 6.45) is 8.53. The van der Waals surface area contributed by atoms with E-state index in [0.717, 1.165) is 12.8 Å². The number of rotatable bonds is 6. The number of allylic oxidation sites excluding steroid dienone is 3. The zero-order valence-corrected chi connectivity index (χ0v) is 9.90. The molecule has 0 spiro atoms. The van der Waals surface area contributed by atoms with Crippen molar-refractivity contribution in [3.63, 3.8) is 0 Å². The van der Waals surface area contributed by atoms with Gasteiger partial charge in [0.05, 0.1) is 12.7 Å². The highest BCUT2D eigenvalue weighted by molar-refractivity contribution is 5.09. The van der Waals surface area contributed by atoms with Gasteiger partial charge in [0.25, 0.3) is 0 Å². The molecule has 0 amide bonds. The zero-order valence-electron chi connectivity index (χ0n) is 9.90. The third-order valence-corrected chi connectivity index (χ3v) is 1.99. The average molecular weight is 210 g/mol. The maximum absolute atomic E-state index is 9.47. The normalized spacial score (nSPS) is 14.3. The van der Waals surface area contributed by atoms with Crippen molar-refractivity contribution in [3.8, 4) is 0 Å². The molecule has 1 atom stereocenters. The lowest BCUT2D eigenvalue weighted by molar-refractivity contribution is 0.267.